The molecule has 0 saturated carbocycles. The van der Waals surface area contributed by atoms with Crippen LogP contribution < -0.4 is 16.0 Å². The summed E-state index contributed by atoms with van der Waals surface area (Å²) in [5.41, 5.74) is 0.586. The number of benzene rings is 2. The van der Waals surface area contributed by atoms with Gasteiger partial charge < -0.3 is 4.98 Å². The van der Waals surface area contributed by atoms with Crippen LogP contribution in [-0.2, 0) is 23.0 Å². The van der Waals surface area contributed by atoms with E-state index in [1.54, 1.807) is 42.5 Å². The van der Waals surface area contributed by atoms with Crippen molar-refractivity contribution in [3.63, 3.8) is 0 Å². The Kier molecular flexibility index (Phi) is 8.04. The number of imidazole rings is 1. The van der Waals surface area contributed by atoms with Crippen LogP contribution in [0.3, 0.4) is 0 Å². The molecule has 3 heterocycles. The summed E-state index contributed by atoms with van der Waals surface area (Å²) in [5.74, 6) is -0.601. The Morgan fingerprint density at radius 3 is 2.51 bits per heavy atom. The van der Waals surface area contributed by atoms with Gasteiger partial charge in [0.15, 0.2) is 5.65 Å². The number of unbranched alkanes of at least 4 members (excludes halogenated alkanes) is 1. The number of anilines is 1. The standard InChI is InChI=1S/C28H26ClFN6O4S/c1-2-3-15-36-26-23(27(37)34-28(36)38)32-25(33-26)20(16-18-7-4-5-8-21(18)30)17-10-12-19(13-11-17)35-41(39,40)22-9-6-14-31-24(22)29/h4-14,20,35H,2-3,15-16H2,1H3,(H,32,33)(H,34,37,38). The Hall–Kier alpha value is -4.29. The van der Waals surface area contributed by atoms with Crippen LogP contribution in [0.1, 0.15) is 42.6 Å². The molecular formula is C28H26ClFN6O4S. The fraction of sp³-hybridized carbons (Fsp3) is 0.214. The van der Waals surface area contributed by atoms with Crippen LogP contribution in [0.5, 0.6) is 0 Å². The molecule has 13 heteroatoms. The predicted octanol–water partition coefficient (Wildman–Crippen LogP) is 4.58. The number of hydrogen-bond donors (Lipinski definition) is 3. The SMILES string of the molecule is CCCCn1c(=O)[nH]c(=O)c2[nH]c(C(Cc3ccccc3F)c3ccc(NS(=O)(=O)c4cccnc4Cl)cc3)nc21. The number of H-pyrrole nitrogens is 2. The maximum absolute atomic E-state index is 14.7. The van der Waals surface area contributed by atoms with Gasteiger partial charge in [0.05, 0.1) is 0 Å². The third-order valence-electron chi connectivity index (χ3n) is 6.68. The summed E-state index contributed by atoms with van der Waals surface area (Å²) in [6.45, 7) is 2.37. The van der Waals surface area contributed by atoms with Crippen LogP contribution >= 0.6 is 11.6 Å². The zero-order chi connectivity index (χ0) is 29.1. The molecule has 5 rings (SSSR count). The lowest BCUT2D eigenvalue weighted by molar-refractivity contribution is 0.597. The first-order chi connectivity index (χ1) is 19.7. The van der Waals surface area contributed by atoms with E-state index in [9.17, 15) is 22.4 Å². The maximum Gasteiger partial charge on any atom is 0.330 e. The number of sulfonamides is 1. The molecule has 0 spiro atoms. The molecule has 5 aromatic rings. The Bertz CT molecular complexity index is 1940. The lowest BCUT2D eigenvalue weighted by Gasteiger charge is -2.17. The summed E-state index contributed by atoms with van der Waals surface area (Å²) in [5, 5.41) is -0.154. The van der Waals surface area contributed by atoms with E-state index in [-0.39, 0.29) is 33.3 Å². The predicted molar refractivity (Wildman–Crippen MR) is 154 cm³/mol. The average molecular weight is 597 g/mol. The summed E-state index contributed by atoms with van der Waals surface area (Å²) in [6.07, 6.45) is 3.12. The molecule has 3 aromatic heterocycles. The molecule has 0 aliphatic carbocycles. The van der Waals surface area contributed by atoms with E-state index in [2.05, 4.69) is 24.7 Å². The van der Waals surface area contributed by atoms with Crippen molar-refractivity contribution in [2.45, 2.75) is 43.5 Å². The molecule has 0 bridgehead atoms. The van der Waals surface area contributed by atoms with Gasteiger partial charge in [-0.15, -0.1) is 0 Å². The monoisotopic (exact) mass is 596 g/mol. The van der Waals surface area contributed by atoms with E-state index >= 15 is 0 Å². The topological polar surface area (TPSA) is 143 Å². The smallest absolute Gasteiger partial charge is 0.330 e. The zero-order valence-electron chi connectivity index (χ0n) is 21.9. The number of aryl methyl sites for hydroxylation is 1. The van der Waals surface area contributed by atoms with Crippen molar-refractivity contribution >= 4 is 38.5 Å². The third kappa shape index (κ3) is 5.93. The van der Waals surface area contributed by atoms with E-state index in [1.165, 1.54) is 29.0 Å². The highest BCUT2D eigenvalue weighted by atomic mass is 35.5. The van der Waals surface area contributed by atoms with Gasteiger partial charge in [0.2, 0.25) is 0 Å². The maximum atomic E-state index is 14.7. The molecule has 3 N–H and O–H groups in total. The summed E-state index contributed by atoms with van der Waals surface area (Å²) in [7, 11) is -4.01. The van der Waals surface area contributed by atoms with E-state index in [4.69, 9.17) is 11.6 Å². The van der Waals surface area contributed by atoms with E-state index < -0.39 is 33.0 Å². The molecule has 0 saturated heterocycles. The molecule has 0 aliphatic rings. The van der Waals surface area contributed by atoms with Crippen molar-refractivity contribution in [1.29, 1.82) is 0 Å². The summed E-state index contributed by atoms with van der Waals surface area (Å²) in [4.78, 5) is 38.9. The number of nitrogens with zero attached hydrogens (tertiary/aromatic N) is 3. The second-order valence-corrected chi connectivity index (χ2v) is 11.5. The van der Waals surface area contributed by atoms with Crippen LogP contribution in [0.15, 0.2) is 81.3 Å². The molecule has 0 aliphatic heterocycles. The Balaban J connectivity index is 1.55. The number of pyridine rings is 1. The zero-order valence-corrected chi connectivity index (χ0v) is 23.5. The van der Waals surface area contributed by atoms with Crippen LogP contribution in [-0.4, -0.2) is 32.9 Å². The van der Waals surface area contributed by atoms with Crippen molar-refractivity contribution in [2.75, 3.05) is 4.72 Å². The molecule has 0 fully saturated rings. The van der Waals surface area contributed by atoms with Crippen LogP contribution in [0.2, 0.25) is 5.15 Å². The molecule has 41 heavy (non-hydrogen) atoms. The fourth-order valence-electron chi connectivity index (χ4n) is 4.57. The molecule has 0 radical (unpaired) electrons. The molecule has 0 amide bonds. The van der Waals surface area contributed by atoms with Gasteiger partial charge in [0, 0.05) is 24.3 Å². The Morgan fingerprint density at radius 1 is 1.05 bits per heavy atom. The van der Waals surface area contributed by atoms with Gasteiger partial charge in [0.25, 0.3) is 15.6 Å². The van der Waals surface area contributed by atoms with Crippen molar-refractivity contribution in [2.24, 2.45) is 0 Å². The minimum absolute atomic E-state index is 0.145. The second-order valence-electron chi connectivity index (χ2n) is 9.45. The van der Waals surface area contributed by atoms with E-state index in [0.29, 0.717) is 29.9 Å². The summed E-state index contributed by atoms with van der Waals surface area (Å²) in [6, 6.07) is 15.7. The molecule has 2 aromatic carbocycles. The van der Waals surface area contributed by atoms with Gasteiger partial charge in [-0.1, -0.05) is 55.3 Å². The number of halogens is 2. The normalized spacial score (nSPS) is 12.5. The first-order valence-corrected chi connectivity index (χ1v) is 14.7. The third-order valence-corrected chi connectivity index (χ3v) is 8.50. The van der Waals surface area contributed by atoms with Crippen molar-refractivity contribution in [3.05, 3.63) is 116 Å². The van der Waals surface area contributed by atoms with E-state index in [1.807, 2.05) is 6.92 Å². The van der Waals surface area contributed by atoms with E-state index in [0.717, 1.165) is 6.42 Å². The first kappa shape index (κ1) is 28.2. The molecule has 212 valence electrons. The molecule has 10 nitrogen and oxygen atoms in total. The minimum atomic E-state index is -4.01. The van der Waals surface area contributed by atoms with Gasteiger partial charge >= 0.3 is 5.69 Å². The molecule has 1 unspecified atom stereocenters. The minimum Gasteiger partial charge on any atom is -0.336 e. The first-order valence-electron chi connectivity index (χ1n) is 12.9. The number of nitrogens with one attached hydrogen (secondary N) is 3. The highest BCUT2D eigenvalue weighted by molar-refractivity contribution is 7.92. The number of rotatable bonds is 10. The summed E-state index contributed by atoms with van der Waals surface area (Å²) < 4.78 is 44.3. The number of hydrogen-bond acceptors (Lipinski definition) is 6. The van der Waals surface area contributed by atoms with Crippen LogP contribution in [0.4, 0.5) is 10.1 Å². The summed E-state index contributed by atoms with van der Waals surface area (Å²) >= 11 is 5.98. The highest BCUT2D eigenvalue weighted by Crippen LogP contribution is 2.30. The molecule has 1 atom stereocenters. The van der Waals surface area contributed by atoms with Crippen LogP contribution in [0.25, 0.3) is 11.2 Å². The Labute approximate surface area is 239 Å². The lowest BCUT2D eigenvalue weighted by atomic mass is 9.91. The fourth-order valence-corrected chi connectivity index (χ4v) is 6.08. The number of aromatic amines is 2. The second kappa shape index (κ2) is 11.7. The number of fused-ring (bicyclic) bond motifs is 1. The largest absolute Gasteiger partial charge is 0.336 e. The van der Waals surface area contributed by atoms with Gasteiger partial charge in [-0.3, -0.25) is 19.1 Å². The van der Waals surface area contributed by atoms with Crippen molar-refractivity contribution in [3.8, 4) is 0 Å². The van der Waals surface area contributed by atoms with Gasteiger partial charge in [0.1, 0.15) is 27.2 Å². The van der Waals surface area contributed by atoms with Gasteiger partial charge in [-0.2, -0.15) is 0 Å². The number of aromatic nitrogens is 5. The van der Waals surface area contributed by atoms with Crippen LogP contribution in [0, 0.1) is 5.82 Å². The Morgan fingerprint density at radius 2 is 1.80 bits per heavy atom. The van der Waals surface area contributed by atoms with Gasteiger partial charge in [-0.05, 0) is 54.3 Å². The van der Waals surface area contributed by atoms with Gasteiger partial charge in [-0.25, -0.2) is 27.6 Å². The van der Waals surface area contributed by atoms with Crippen molar-refractivity contribution in [1.82, 2.24) is 24.5 Å². The average Bonchev–Trinajstić information content (AvgIpc) is 3.39. The quantitative estimate of drug-likeness (QED) is 0.202. The van der Waals surface area contributed by atoms with Crippen molar-refractivity contribution < 1.29 is 12.8 Å². The lowest BCUT2D eigenvalue weighted by Crippen LogP contribution is -2.30. The molecular weight excluding hydrogens is 571 g/mol. The highest BCUT2D eigenvalue weighted by Gasteiger charge is 2.24.